The van der Waals surface area contributed by atoms with Crippen molar-refractivity contribution in [1.82, 2.24) is 19.8 Å². The topological polar surface area (TPSA) is 62.2 Å². The number of pyridine rings is 1. The van der Waals surface area contributed by atoms with E-state index in [-0.39, 0.29) is 18.0 Å². The smallest absolute Gasteiger partial charge is 0.226 e. The average molecular weight is 524 g/mol. The van der Waals surface area contributed by atoms with Crippen molar-refractivity contribution in [3.63, 3.8) is 0 Å². The Morgan fingerprint density at radius 3 is 2.53 bits per heavy atom. The summed E-state index contributed by atoms with van der Waals surface area (Å²) in [6, 6.07) is 24.3. The fourth-order valence-electron chi connectivity index (χ4n) is 5.38. The van der Waals surface area contributed by atoms with Crippen LogP contribution in [-0.4, -0.2) is 32.0 Å². The third-order valence-electron chi connectivity index (χ3n) is 7.25. The van der Waals surface area contributed by atoms with Crippen molar-refractivity contribution in [2.45, 2.75) is 46.2 Å². The summed E-state index contributed by atoms with van der Waals surface area (Å²) >= 11 is 5.84. The second-order valence-electron chi connectivity index (χ2n) is 9.93. The number of aryl methyl sites for hydroxylation is 3. The molecular weight excluding hydrogens is 490 g/mol. The Balaban J connectivity index is 1.48. The maximum Gasteiger partial charge on any atom is 0.226 e. The molecular formula is C31H33N5OS. The maximum atomic E-state index is 12.9. The number of hydrogen-bond acceptors (Lipinski definition) is 3. The van der Waals surface area contributed by atoms with Gasteiger partial charge in [0.15, 0.2) is 5.11 Å². The third kappa shape index (κ3) is 5.07. The summed E-state index contributed by atoms with van der Waals surface area (Å²) < 4.78 is 2.29. The minimum atomic E-state index is -0.130. The van der Waals surface area contributed by atoms with Crippen LogP contribution in [0.15, 0.2) is 79.0 Å². The molecule has 0 radical (unpaired) electrons. The summed E-state index contributed by atoms with van der Waals surface area (Å²) in [5.41, 5.74) is 8.63. The lowest BCUT2D eigenvalue weighted by Gasteiger charge is -2.28. The summed E-state index contributed by atoms with van der Waals surface area (Å²) in [5, 5.41) is 7.20. The van der Waals surface area contributed by atoms with Gasteiger partial charge in [-0.1, -0.05) is 36.4 Å². The van der Waals surface area contributed by atoms with E-state index in [1.165, 1.54) is 11.1 Å². The highest BCUT2D eigenvalue weighted by atomic mass is 32.1. The van der Waals surface area contributed by atoms with Crippen LogP contribution in [0.2, 0.25) is 0 Å². The zero-order chi connectivity index (χ0) is 26.8. The van der Waals surface area contributed by atoms with E-state index in [2.05, 4.69) is 76.2 Å². The van der Waals surface area contributed by atoms with Crippen molar-refractivity contribution in [3.05, 3.63) is 113 Å². The number of carbonyl (C=O) groups is 1. The van der Waals surface area contributed by atoms with Crippen LogP contribution in [0.25, 0.3) is 5.69 Å². The molecule has 1 saturated heterocycles. The van der Waals surface area contributed by atoms with E-state index in [0.29, 0.717) is 18.1 Å². The number of anilines is 1. The van der Waals surface area contributed by atoms with Gasteiger partial charge in [-0.25, -0.2) is 0 Å². The molecule has 0 unspecified atom stereocenters. The van der Waals surface area contributed by atoms with Crippen LogP contribution in [0, 0.1) is 27.7 Å². The van der Waals surface area contributed by atoms with E-state index in [9.17, 15) is 4.79 Å². The standard InChI is InChI=1S/C31H33N5OS/c1-20-10-9-12-24(18-20)36-22(3)19-25(23(36)4)30-29(27-14-7-8-16-32-27)34-31(38)35(30)17-15-28(37)33-26-13-6-5-11-21(26)2/h5-14,16,18-19,29-30H,15,17H2,1-4H3,(H,33,37)(H,34,38)/t29-,30-/m0/s1. The van der Waals surface area contributed by atoms with Gasteiger partial charge in [-0.05, 0) is 93.0 Å². The lowest BCUT2D eigenvalue weighted by molar-refractivity contribution is -0.116. The van der Waals surface area contributed by atoms with Crippen LogP contribution in [0.1, 0.15) is 52.3 Å². The highest BCUT2D eigenvalue weighted by molar-refractivity contribution is 7.80. The summed E-state index contributed by atoms with van der Waals surface area (Å²) in [4.78, 5) is 19.8. The summed E-state index contributed by atoms with van der Waals surface area (Å²) in [5.74, 6) is -0.0348. The number of aromatic nitrogens is 2. The molecule has 1 aliphatic rings. The monoisotopic (exact) mass is 523 g/mol. The van der Waals surface area contributed by atoms with Gasteiger partial charge in [0.05, 0.1) is 17.8 Å². The zero-order valence-electron chi connectivity index (χ0n) is 22.2. The number of nitrogens with zero attached hydrogens (tertiary/aromatic N) is 3. The first-order valence-electron chi connectivity index (χ1n) is 12.9. The first-order chi connectivity index (χ1) is 18.3. The number of thiocarbonyl (C=S) groups is 1. The largest absolute Gasteiger partial charge is 0.352 e. The minimum Gasteiger partial charge on any atom is -0.352 e. The van der Waals surface area contributed by atoms with E-state index >= 15 is 0 Å². The summed E-state index contributed by atoms with van der Waals surface area (Å²) in [6.07, 6.45) is 2.13. The van der Waals surface area contributed by atoms with Gasteiger partial charge < -0.3 is 20.1 Å². The Bertz CT molecular complexity index is 1480. The Morgan fingerprint density at radius 1 is 1.00 bits per heavy atom. The fourth-order valence-corrected chi connectivity index (χ4v) is 5.72. The summed E-state index contributed by atoms with van der Waals surface area (Å²) in [6.45, 7) is 8.89. The number of hydrogen-bond donors (Lipinski definition) is 2. The molecule has 5 rings (SSSR count). The number of amides is 1. The molecule has 38 heavy (non-hydrogen) atoms. The van der Waals surface area contributed by atoms with Crippen molar-refractivity contribution in [1.29, 1.82) is 0 Å². The minimum absolute atomic E-state index is 0.0348. The van der Waals surface area contributed by atoms with Crippen molar-refractivity contribution >= 4 is 28.9 Å². The second kappa shape index (κ2) is 10.8. The van der Waals surface area contributed by atoms with Gasteiger partial charge in [-0.15, -0.1) is 0 Å². The first kappa shape index (κ1) is 25.7. The summed E-state index contributed by atoms with van der Waals surface area (Å²) in [7, 11) is 0. The molecule has 2 N–H and O–H groups in total. The Morgan fingerprint density at radius 2 is 1.79 bits per heavy atom. The predicted molar refractivity (Wildman–Crippen MR) is 157 cm³/mol. The lowest BCUT2D eigenvalue weighted by Crippen LogP contribution is -2.33. The highest BCUT2D eigenvalue weighted by Crippen LogP contribution is 2.41. The molecule has 6 nitrogen and oxygen atoms in total. The van der Waals surface area contributed by atoms with Gasteiger partial charge in [-0.2, -0.15) is 0 Å². The highest BCUT2D eigenvalue weighted by Gasteiger charge is 2.41. The number of rotatable bonds is 7. The molecule has 1 amide bonds. The molecule has 0 spiro atoms. The normalized spacial score (nSPS) is 16.9. The van der Waals surface area contributed by atoms with Gasteiger partial charge in [0.2, 0.25) is 5.91 Å². The molecule has 1 aliphatic heterocycles. The van der Waals surface area contributed by atoms with Gasteiger partial charge >= 0.3 is 0 Å². The van der Waals surface area contributed by atoms with E-state index in [4.69, 9.17) is 12.2 Å². The van der Waals surface area contributed by atoms with E-state index in [1.54, 1.807) is 0 Å². The fraction of sp³-hybridized carbons (Fsp3) is 0.258. The molecule has 1 fully saturated rings. The molecule has 2 aromatic carbocycles. The number of nitrogens with one attached hydrogen (secondary N) is 2. The molecule has 3 heterocycles. The molecule has 0 bridgehead atoms. The van der Waals surface area contributed by atoms with Crippen LogP contribution in [0.4, 0.5) is 5.69 Å². The quantitative estimate of drug-likeness (QED) is 0.286. The van der Waals surface area contributed by atoms with Crippen molar-refractivity contribution in [3.8, 4) is 5.69 Å². The SMILES string of the molecule is Cc1cccc(-n2c(C)cc([C@H]3[C@H](c4ccccn4)NC(=S)N3CCC(=O)Nc3ccccc3C)c2C)c1. The van der Waals surface area contributed by atoms with Crippen molar-refractivity contribution in [2.75, 3.05) is 11.9 Å². The van der Waals surface area contributed by atoms with Gasteiger partial charge in [-0.3, -0.25) is 9.78 Å². The molecule has 0 saturated carbocycles. The number of benzene rings is 2. The van der Waals surface area contributed by atoms with Crippen molar-refractivity contribution < 1.29 is 4.79 Å². The van der Waals surface area contributed by atoms with Crippen molar-refractivity contribution in [2.24, 2.45) is 0 Å². The van der Waals surface area contributed by atoms with E-state index in [0.717, 1.165) is 34.0 Å². The van der Waals surface area contributed by atoms with Crippen LogP contribution < -0.4 is 10.6 Å². The average Bonchev–Trinajstić information content (AvgIpc) is 3.39. The molecule has 194 valence electrons. The Labute approximate surface area is 229 Å². The van der Waals surface area contributed by atoms with Gasteiger partial charge in [0.1, 0.15) is 0 Å². The Hall–Kier alpha value is -3.97. The number of carbonyl (C=O) groups excluding carboxylic acids is 1. The molecule has 4 aromatic rings. The van der Waals surface area contributed by atoms with Crippen LogP contribution in [-0.2, 0) is 4.79 Å². The van der Waals surface area contributed by atoms with Crippen LogP contribution >= 0.6 is 12.2 Å². The lowest BCUT2D eigenvalue weighted by atomic mass is 9.96. The first-order valence-corrected chi connectivity index (χ1v) is 13.3. The molecule has 7 heteroatoms. The predicted octanol–water partition coefficient (Wildman–Crippen LogP) is 6.11. The Kier molecular flexibility index (Phi) is 7.29. The van der Waals surface area contributed by atoms with Gasteiger partial charge in [0.25, 0.3) is 0 Å². The third-order valence-corrected chi connectivity index (χ3v) is 7.60. The van der Waals surface area contributed by atoms with E-state index in [1.807, 2.05) is 55.6 Å². The molecule has 2 atom stereocenters. The van der Waals surface area contributed by atoms with Gasteiger partial charge in [0, 0.05) is 41.9 Å². The second-order valence-corrected chi connectivity index (χ2v) is 10.3. The van der Waals surface area contributed by atoms with E-state index < -0.39 is 0 Å². The molecule has 2 aromatic heterocycles. The van der Waals surface area contributed by atoms with Crippen LogP contribution in [0.5, 0.6) is 0 Å². The number of para-hydroxylation sites is 1. The molecule has 0 aliphatic carbocycles. The zero-order valence-corrected chi connectivity index (χ0v) is 23.0. The maximum absolute atomic E-state index is 12.9. The van der Waals surface area contributed by atoms with Crippen LogP contribution in [0.3, 0.4) is 0 Å².